The highest BCUT2D eigenvalue weighted by Crippen LogP contribution is 2.15. The van der Waals surface area contributed by atoms with Gasteiger partial charge in [-0.15, -0.1) is 0 Å². The van der Waals surface area contributed by atoms with E-state index in [0.717, 1.165) is 0 Å². The van der Waals surface area contributed by atoms with E-state index in [0.29, 0.717) is 17.0 Å². The summed E-state index contributed by atoms with van der Waals surface area (Å²) >= 11 is 0. The van der Waals surface area contributed by atoms with Crippen LogP contribution < -0.4 is 0 Å². The molecular formula is C8H10N2O2. The van der Waals surface area contributed by atoms with Crippen LogP contribution in [0.4, 0.5) is 0 Å². The van der Waals surface area contributed by atoms with Gasteiger partial charge in [-0.1, -0.05) is 11.2 Å². The summed E-state index contributed by atoms with van der Waals surface area (Å²) in [5.41, 5.74) is 1.72. The maximum Gasteiger partial charge on any atom is 0.161 e. The lowest BCUT2D eigenvalue weighted by Crippen LogP contribution is -1.97. The monoisotopic (exact) mass is 166 g/mol. The number of aromatic nitrogens is 2. The molecule has 0 saturated carbocycles. The summed E-state index contributed by atoms with van der Waals surface area (Å²) in [4.78, 5) is 11.0. The first-order chi connectivity index (χ1) is 5.66. The van der Waals surface area contributed by atoms with E-state index < -0.39 is 0 Å². The van der Waals surface area contributed by atoms with Crippen molar-refractivity contribution < 1.29 is 9.42 Å². The average Bonchev–Trinajstić information content (AvgIpc) is 2.38. The predicted octanol–water partition coefficient (Wildman–Crippen LogP) is 1.37. The molecule has 12 heavy (non-hydrogen) atoms. The first-order valence-electron chi connectivity index (χ1n) is 3.63. The van der Waals surface area contributed by atoms with Gasteiger partial charge in [0.2, 0.25) is 0 Å². The van der Waals surface area contributed by atoms with E-state index >= 15 is 0 Å². The molecule has 0 saturated heterocycles. The van der Waals surface area contributed by atoms with Gasteiger partial charge >= 0.3 is 0 Å². The Kier molecular flexibility index (Phi) is 2.38. The molecule has 0 aliphatic rings. The molecule has 64 valence electrons. The summed E-state index contributed by atoms with van der Waals surface area (Å²) in [6.45, 7) is 5.02. The highest BCUT2D eigenvalue weighted by atomic mass is 16.6. The minimum atomic E-state index is -0.0312. The maximum absolute atomic E-state index is 11.0. The lowest BCUT2D eigenvalue weighted by molar-refractivity contribution is -0.111. The number of aryl methyl sites for hydroxylation is 1. The summed E-state index contributed by atoms with van der Waals surface area (Å²) in [7, 11) is 0. The van der Waals surface area contributed by atoms with Gasteiger partial charge in [-0.2, -0.15) is 0 Å². The molecule has 0 aromatic carbocycles. The summed E-state index contributed by atoms with van der Waals surface area (Å²) < 4.78 is 4.49. The lowest BCUT2D eigenvalue weighted by atomic mass is 10.1. The van der Waals surface area contributed by atoms with Crippen LogP contribution in [-0.2, 0) is 4.79 Å². The Labute approximate surface area is 70.2 Å². The van der Waals surface area contributed by atoms with Gasteiger partial charge in [0, 0.05) is 5.57 Å². The molecule has 1 rings (SSSR count). The molecule has 4 heteroatoms. The number of ketones is 1. The molecule has 0 N–H and O–H groups in total. The Hall–Kier alpha value is -1.45. The Morgan fingerprint density at radius 3 is 2.50 bits per heavy atom. The van der Waals surface area contributed by atoms with E-state index in [9.17, 15) is 4.79 Å². The molecule has 1 aromatic rings. The van der Waals surface area contributed by atoms with Crippen LogP contribution in [0.2, 0.25) is 0 Å². The van der Waals surface area contributed by atoms with Crippen LogP contribution in [0.1, 0.15) is 25.2 Å². The first kappa shape index (κ1) is 8.64. The SMILES string of the molecule is C/C=C(/C(C)=O)c1nonc1C. The van der Waals surface area contributed by atoms with Gasteiger partial charge in [0.1, 0.15) is 11.4 Å². The van der Waals surface area contributed by atoms with Crippen LogP contribution in [0, 0.1) is 6.92 Å². The maximum atomic E-state index is 11.0. The van der Waals surface area contributed by atoms with Gasteiger partial charge in [-0.05, 0) is 25.9 Å². The van der Waals surface area contributed by atoms with Gasteiger partial charge in [-0.3, -0.25) is 4.79 Å². The normalized spacial score (nSPS) is 11.8. The summed E-state index contributed by atoms with van der Waals surface area (Å²) in [5, 5.41) is 7.22. The van der Waals surface area contributed by atoms with Crippen LogP contribution in [0.3, 0.4) is 0 Å². The van der Waals surface area contributed by atoms with Crippen LogP contribution in [-0.4, -0.2) is 16.1 Å². The highest BCUT2D eigenvalue weighted by molar-refractivity contribution is 6.19. The van der Waals surface area contributed by atoms with E-state index in [4.69, 9.17) is 0 Å². The Morgan fingerprint density at radius 2 is 2.17 bits per heavy atom. The van der Waals surface area contributed by atoms with Crippen molar-refractivity contribution in [3.8, 4) is 0 Å². The third-order valence-corrected chi connectivity index (χ3v) is 1.58. The minimum Gasteiger partial charge on any atom is -0.294 e. The zero-order valence-corrected chi connectivity index (χ0v) is 7.29. The zero-order chi connectivity index (χ0) is 9.14. The minimum absolute atomic E-state index is 0.0312. The number of hydrogen-bond acceptors (Lipinski definition) is 4. The van der Waals surface area contributed by atoms with Crippen LogP contribution >= 0.6 is 0 Å². The Morgan fingerprint density at radius 1 is 1.50 bits per heavy atom. The fourth-order valence-electron chi connectivity index (χ4n) is 0.983. The number of carbonyl (C=O) groups excluding carboxylic acids is 1. The van der Waals surface area contributed by atoms with Crippen molar-refractivity contribution in [2.75, 3.05) is 0 Å². The van der Waals surface area contributed by atoms with Gasteiger partial charge < -0.3 is 0 Å². The third kappa shape index (κ3) is 1.42. The number of Topliss-reactive ketones (excluding diaryl/α,β-unsaturated/α-hetero) is 1. The smallest absolute Gasteiger partial charge is 0.161 e. The van der Waals surface area contributed by atoms with Gasteiger partial charge in [0.15, 0.2) is 5.78 Å². The quantitative estimate of drug-likeness (QED) is 0.622. The second kappa shape index (κ2) is 3.30. The topological polar surface area (TPSA) is 56.0 Å². The molecule has 0 amide bonds. The van der Waals surface area contributed by atoms with Crippen LogP contribution in [0.25, 0.3) is 5.57 Å². The van der Waals surface area contributed by atoms with Crippen molar-refractivity contribution >= 4 is 11.4 Å². The van der Waals surface area contributed by atoms with Crippen molar-refractivity contribution in [2.45, 2.75) is 20.8 Å². The molecule has 0 aliphatic carbocycles. The van der Waals surface area contributed by atoms with E-state index in [1.807, 2.05) is 0 Å². The van der Waals surface area contributed by atoms with Crippen molar-refractivity contribution in [3.05, 3.63) is 17.5 Å². The second-order valence-corrected chi connectivity index (χ2v) is 2.46. The lowest BCUT2D eigenvalue weighted by Gasteiger charge is -1.95. The molecular weight excluding hydrogens is 156 g/mol. The second-order valence-electron chi connectivity index (χ2n) is 2.46. The molecule has 0 radical (unpaired) electrons. The number of hydrogen-bond donors (Lipinski definition) is 0. The molecule has 0 aliphatic heterocycles. The van der Waals surface area contributed by atoms with Crippen LogP contribution in [0.15, 0.2) is 10.7 Å². The van der Waals surface area contributed by atoms with Gasteiger partial charge in [0.05, 0.1) is 0 Å². The standard InChI is InChI=1S/C8H10N2O2/c1-4-7(6(3)11)8-5(2)9-12-10-8/h4H,1-3H3/b7-4-. The van der Waals surface area contributed by atoms with Gasteiger partial charge in [-0.25, -0.2) is 4.63 Å². The first-order valence-corrected chi connectivity index (χ1v) is 3.63. The molecule has 1 aromatic heterocycles. The van der Waals surface area contributed by atoms with E-state index in [2.05, 4.69) is 14.9 Å². The number of carbonyl (C=O) groups is 1. The molecule has 4 nitrogen and oxygen atoms in total. The van der Waals surface area contributed by atoms with Crippen molar-refractivity contribution in [1.82, 2.24) is 10.3 Å². The van der Waals surface area contributed by atoms with Crippen LogP contribution in [0.5, 0.6) is 0 Å². The number of allylic oxidation sites excluding steroid dienone is 2. The average molecular weight is 166 g/mol. The van der Waals surface area contributed by atoms with Crippen molar-refractivity contribution in [1.29, 1.82) is 0 Å². The molecule has 0 spiro atoms. The van der Waals surface area contributed by atoms with E-state index in [1.54, 1.807) is 19.9 Å². The van der Waals surface area contributed by atoms with E-state index in [-0.39, 0.29) is 5.78 Å². The summed E-state index contributed by atoms with van der Waals surface area (Å²) in [6, 6.07) is 0. The summed E-state index contributed by atoms with van der Waals surface area (Å²) in [5.74, 6) is -0.0312. The molecule has 0 atom stereocenters. The molecule has 0 unspecified atom stereocenters. The number of rotatable bonds is 2. The largest absolute Gasteiger partial charge is 0.294 e. The fourth-order valence-corrected chi connectivity index (χ4v) is 0.983. The van der Waals surface area contributed by atoms with Gasteiger partial charge in [0.25, 0.3) is 0 Å². The number of nitrogens with zero attached hydrogens (tertiary/aromatic N) is 2. The molecule has 0 fully saturated rings. The van der Waals surface area contributed by atoms with E-state index in [1.165, 1.54) is 6.92 Å². The van der Waals surface area contributed by atoms with Crippen molar-refractivity contribution in [2.24, 2.45) is 0 Å². The molecule has 0 bridgehead atoms. The summed E-state index contributed by atoms with van der Waals surface area (Å²) in [6.07, 6.45) is 1.70. The Balaban J connectivity index is 3.13. The zero-order valence-electron chi connectivity index (χ0n) is 7.29. The van der Waals surface area contributed by atoms with Crippen molar-refractivity contribution in [3.63, 3.8) is 0 Å². The fraction of sp³-hybridized carbons (Fsp3) is 0.375. The Bertz CT molecular complexity index is 326. The third-order valence-electron chi connectivity index (χ3n) is 1.58. The highest BCUT2D eigenvalue weighted by Gasteiger charge is 2.13. The molecule has 1 heterocycles. The predicted molar refractivity (Wildman–Crippen MR) is 43.4 cm³/mol.